The fraction of sp³-hybridized carbons (Fsp3) is 0.455. The molecule has 1 fully saturated rings. The Morgan fingerprint density at radius 3 is 2.44 bits per heavy atom. The Bertz CT molecular complexity index is 505. The van der Waals surface area contributed by atoms with Crippen LogP contribution in [-0.4, -0.2) is 39.0 Å². The molecule has 1 aromatic rings. The van der Waals surface area contributed by atoms with E-state index in [1.807, 2.05) is 0 Å². The van der Waals surface area contributed by atoms with Gasteiger partial charge in [0.15, 0.2) is 4.90 Å². The van der Waals surface area contributed by atoms with Crippen molar-refractivity contribution in [2.75, 3.05) is 26.3 Å². The van der Waals surface area contributed by atoms with E-state index in [2.05, 4.69) is 0 Å². The molecule has 18 heavy (non-hydrogen) atoms. The standard InChI is InChI=1S/C11H13F2NO3S/c12-9-3-1-4-10(13)11(9)18(15,16)14-5-2-7-17-8-6-14/h1,3-4H,2,5-8H2. The molecule has 0 aliphatic carbocycles. The fourth-order valence-electron chi connectivity index (χ4n) is 1.82. The van der Waals surface area contributed by atoms with Crippen molar-refractivity contribution in [2.45, 2.75) is 11.3 Å². The van der Waals surface area contributed by atoms with E-state index in [1.54, 1.807) is 0 Å². The third kappa shape index (κ3) is 2.52. The van der Waals surface area contributed by atoms with E-state index in [9.17, 15) is 17.2 Å². The lowest BCUT2D eigenvalue weighted by Crippen LogP contribution is -2.34. The number of ether oxygens (including phenoxy) is 1. The Hall–Kier alpha value is -1.05. The van der Waals surface area contributed by atoms with E-state index in [1.165, 1.54) is 0 Å². The molecule has 100 valence electrons. The lowest BCUT2D eigenvalue weighted by molar-refractivity contribution is 0.148. The molecule has 0 atom stereocenters. The van der Waals surface area contributed by atoms with Gasteiger partial charge in [0.2, 0.25) is 10.0 Å². The lowest BCUT2D eigenvalue weighted by Gasteiger charge is -2.19. The van der Waals surface area contributed by atoms with Crippen LogP contribution < -0.4 is 0 Å². The summed E-state index contributed by atoms with van der Waals surface area (Å²) in [5.74, 6) is -2.14. The van der Waals surface area contributed by atoms with Gasteiger partial charge in [-0.25, -0.2) is 17.2 Å². The highest BCUT2D eigenvalue weighted by atomic mass is 32.2. The maximum Gasteiger partial charge on any atom is 0.249 e. The summed E-state index contributed by atoms with van der Waals surface area (Å²) in [6, 6.07) is 3.00. The summed E-state index contributed by atoms with van der Waals surface area (Å²) in [7, 11) is -4.14. The second-order valence-corrected chi connectivity index (χ2v) is 5.80. The summed E-state index contributed by atoms with van der Waals surface area (Å²) >= 11 is 0. The molecule has 1 heterocycles. The Morgan fingerprint density at radius 2 is 1.78 bits per heavy atom. The monoisotopic (exact) mass is 277 g/mol. The minimum atomic E-state index is -4.14. The third-order valence-electron chi connectivity index (χ3n) is 2.70. The van der Waals surface area contributed by atoms with Gasteiger partial charge in [0.05, 0.1) is 6.61 Å². The van der Waals surface area contributed by atoms with E-state index >= 15 is 0 Å². The predicted octanol–water partition coefficient (Wildman–Crippen LogP) is 1.38. The zero-order valence-corrected chi connectivity index (χ0v) is 10.4. The zero-order valence-electron chi connectivity index (χ0n) is 9.60. The Balaban J connectivity index is 2.41. The summed E-state index contributed by atoms with van der Waals surface area (Å²) in [4.78, 5) is -0.883. The van der Waals surface area contributed by atoms with Gasteiger partial charge in [-0.2, -0.15) is 4.31 Å². The lowest BCUT2D eigenvalue weighted by atomic mass is 10.3. The highest BCUT2D eigenvalue weighted by molar-refractivity contribution is 7.89. The highest BCUT2D eigenvalue weighted by Gasteiger charge is 2.30. The summed E-state index contributed by atoms with van der Waals surface area (Å²) in [5, 5.41) is 0. The van der Waals surface area contributed by atoms with E-state index < -0.39 is 26.6 Å². The second-order valence-electron chi connectivity index (χ2n) is 3.92. The number of hydrogen-bond acceptors (Lipinski definition) is 3. The van der Waals surface area contributed by atoms with Crippen molar-refractivity contribution >= 4 is 10.0 Å². The molecule has 1 aromatic carbocycles. The molecule has 0 spiro atoms. The number of sulfonamides is 1. The van der Waals surface area contributed by atoms with Crippen LogP contribution in [0.1, 0.15) is 6.42 Å². The van der Waals surface area contributed by atoms with E-state index in [0.29, 0.717) is 13.0 Å². The van der Waals surface area contributed by atoms with E-state index in [4.69, 9.17) is 4.74 Å². The van der Waals surface area contributed by atoms with Gasteiger partial charge in [0.1, 0.15) is 11.6 Å². The molecule has 0 radical (unpaired) electrons. The zero-order chi connectivity index (χ0) is 13.2. The largest absolute Gasteiger partial charge is 0.380 e. The van der Waals surface area contributed by atoms with Crippen LogP contribution in [0.2, 0.25) is 0 Å². The predicted molar refractivity (Wildman–Crippen MR) is 60.6 cm³/mol. The number of hydrogen-bond donors (Lipinski definition) is 0. The Morgan fingerprint density at radius 1 is 1.11 bits per heavy atom. The molecule has 2 rings (SSSR count). The van der Waals surface area contributed by atoms with Gasteiger partial charge in [-0.05, 0) is 18.6 Å². The van der Waals surface area contributed by atoms with Crippen molar-refractivity contribution < 1.29 is 21.9 Å². The number of rotatable bonds is 2. The first-order chi connectivity index (χ1) is 8.53. The molecule has 0 N–H and O–H groups in total. The quantitative estimate of drug-likeness (QED) is 0.820. The van der Waals surface area contributed by atoms with Crippen LogP contribution in [0.15, 0.2) is 23.1 Å². The first kappa shape index (κ1) is 13.4. The first-order valence-electron chi connectivity index (χ1n) is 5.55. The molecule has 1 aliphatic heterocycles. The third-order valence-corrected chi connectivity index (χ3v) is 4.65. The van der Waals surface area contributed by atoms with Crippen LogP contribution in [-0.2, 0) is 14.8 Å². The van der Waals surface area contributed by atoms with Crippen LogP contribution in [0.5, 0.6) is 0 Å². The molecule has 0 amide bonds. The van der Waals surface area contributed by atoms with Crippen LogP contribution in [0.4, 0.5) is 8.78 Å². The van der Waals surface area contributed by atoms with Gasteiger partial charge in [0.25, 0.3) is 0 Å². The molecular formula is C11H13F2NO3S. The molecule has 7 heteroatoms. The van der Waals surface area contributed by atoms with Crippen molar-refractivity contribution in [1.82, 2.24) is 4.31 Å². The minimum Gasteiger partial charge on any atom is -0.380 e. The minimum absolute atomic E-state index is 0.107. The maximum atomic E-state index is 13.5. The molecule has 1 aliphatic rings. The number of benzene rings is 1. The summed E-state index contributed by atoms with van der Waals surface area (Å²) < 4.78 is 57.6. The molecule has 0 aromatic heterocycles. The molecule has 0 unspecified atom stereocenters. The average Bonchev–Trinajstić information content (AvgIpc) is 2.57. The van der Waals surface area contributed by atoms with Gasteiger partial charge < -0.3 is 4.74 Å². The maximum absolute atomic E-state index is 13.5. The van der Waals surface area contributed by atoms with Crippen LogP contribution in [0.3, 0.4) is 0 Å². The van der Waals surface area contributed by atoms with Crippen molar-refractivity contribution in [2.24, 2.45) is 0 Å². The van der Waals surface area contributed by atoms with E-state index in [-0.39, 0.29) is 19.7 Å². The molecule has 0 saturated carbocycles. The summed E-state index contributed by atoms with van der Waals surface area (Å²) in [5.41, 5.74) is 0. The van der Waals surface area contributed by atoms with Gasteiger partial charge in [-0.1, -0.05) is 6.07 Å². The van der Waals surface area contributed by atoms with Crippen LogP contribution in [0, 0.1) is 11.6 Å². The first-order valence-corrected chi connectivity index (χ1v) is 6.99. The molecule has 1 saturated heterocycles. The average molecular weight is 277 g/mol. The highest BCUT2D eigenvalue weighted by Crippen LogP contribution is 2.23. The SMILES string of the molecule is O=S(=O)(c1c(F)cccc1F)N1CCCOCC1. The number of nitrogens with zero attached hydrogens (tertiary/aromatic N) is 1. The normalized spacial score (nSPS) is 18.6. The van der Waals surface area contributed by atoms with Gasteiger partial charge in [-0.15, -0.1) is 0 Å². The topological polar surface area (TPSA) is 46.6 Å². The van der Waals surface area contributed by atoms with Crippen molar-refractivity contribution in [1.29, 1.82) is 0 Å². The molecule has 4 nitrogen and oxygen atoms in total. The van der Waals surface area contributed by atoms with Crippen LogP contribution in [0.25, 0.3) is 0 Å². The van der Waals surface area contributed by atoms with Gasteiger partial charge in [0, 0.05) is 19.7 Å². The van der Waals surface area contributed by atoms with E-state index in [0.717, 1.165) is 22.5 Å². The Kier molecular flexibility index (Phi) is 3.94. The van der Waals surface area contributed by atoms with Gasteiger partial charge >= 0.3 is 0 Å². The smallest absolute Gasteiger partial charge is 0.249 e. The van der Waals surface area contributed by atoms with Crippen LogP contribution >= 0.6 is 0 Å². The second kappa shape index (κ2) is 5.29. The van der Waals surface area contributed by atoms with Gasteiger partial charge in [-0.3, -0.25) is 0 Å². The fourth-order valence-corrected chi connectivity index (χ4v) is 3.39. The molecule has 0 bridgehead atoms. The molecular weight excluding hydrogens is 264 g/mol. The summed E-state index contributed by atoms with van der Waals surface area (Å²) in [6.07, 6.45) is 0.509. The summed E-state index contributed by atoms with van der Waals surface area (Å²) in [6.45, 7) is 0.993. The van der Waals surface area contributed by atoms with Crippen molar-refractivity contribution in [3.05, 3.63) is 29.8 Å². The number of halogens is 2. The van der Waals surface area contributed by atoms with Crippen molar-refractivity contribution in [3.8, 4) is 0 Å². The van der Waals surface area contributed by atoms with Crippen molar-refractivity contribution in [3.63, 3.8) is 0 Å². The Labute approximate surface area is 104 Å².